The maximum Gasteiger partial charge on any atom is 0.169 e. The van der Waals surface area contributed by atoms with Crippen molar-refractivity contribution in [1.82, 2.24) is 4.90 Å². The second kappa shape index (κ2) is 4.60. The molecule has 1 aromatic carbocycles. The van der Waals surface area contributed by atoms with Gasteiger partial charge in [-0.05, 0) is 23.8 Å². The topological polar surface area (TPSA) is 20.3 Å². The second-order valence-electron chi connectivity index (χ2n) is 3.67. The van der Waals surface area contributed by atoms with E-state index in [0.29, 0.717) is 6.54 Å². The van der Waals surface area contributed by atoms with Crippen LogP contribution in [0.25, 0.3) is 0 Å². The Morgan fingerprint density at radius 2 is 2.27 bits per heavy atom. The third-order valence-corrected chi connectivity index (χ3v) is 2.58. The Bertz CT molecular complexity index is 400. The Balaban J connectivity index is 2.03. The van der Waals surface area contributed by atoms with Crippen molar-refractivity contribution in [2.24, 2.45) is 0 Å². The van der Waals surface area contributed by atoms with Crippen molar-refractivity contribution in [2.45, 2.75) is 6.54 Å². The minimum atomic E-state index is 0.170. The molecule has 1 aromatic rings. The highest BCUT2D eigenvalue weighted by molar-refractivity contribution is 6.30. The lowest BCUT2D eigenvalue weighted by atomic mass is 10.1. The van der Waals surface area contributed by atoms with E-state index in [4.69, 9.17) is 11.6 Å². The van der Waals surface area contributed by atoms with Crippen LogP contribution >= 0.6 is 11.6 Å². The van der Waals surface area contributed by atoms with Crippen molar-refractivity contribution in [1.29, 1.82) is 0 Å². The molecular weight excluding hydrogens is 210 g/mol. The third kappa shape index (κ3) is 2.91. The zero-order chi connectivity index (χ0) is 10.7. The first kappa shape index (κ1) is 10.4. The van der Waals surface area contributed by atoms with E-state index in [1.165, 1.54) is 0 Å². The van der Waals surface area contributed by atoms with E-state index in [-0.39, 0.29) is 5.78 Å². The van der Waals surface area contributed by atoms with Gasteiger partial charge in [-0.3, -0.25) is 9.69 Å². The number of halogens is 1. The Morgan fingerprint density at radius 3 is 3.00 bits per heavy atom. The predicted molar refractivity (Wildman–Crippen MR) is 60.9 cm³/mol. The van der Waals surface area contributed by atoms with E-state index >= 15 is 0 Å². The molecule has 1 aliphatic heterocycles. The highest BCUT2D eigenvalue weighted by Crippen LogP contribution is 2.13. The molecule has 0 aliphatic carbocycles. The summed E-state index contributed by atoms with van der Waals surface area (Å²) in [6.45, 7) is 2.11. The van der Waals surface area contributed by atoms with Gasteiger partial charge < -0.3 is 0 Å². The van der Waals surface area contributed by atoms with Crippen LogP contribution in [0.15, 0.2) is 36.4 Å². The summed E-state index contributed by atoms with van der Waals surface area (Å²) in [5.74, 6) is 0.170. The van der Waals surface area contributed by atoms with E-state index < -0.39 is 0 Å². The minimum absolute atomic E-state index is 0.170. The third-order valence-electron chi connectivity index (χ3n) is 2.34. The van der Waals surface area contributed by atoms with Crippen LogP contribution in [0.4, 0.5) is 0 Å². The van der Waals surface area contributed by atoms with Gasteiger partial charge in [-0.1, -0.05) is 29.8 Å². The molecule has 1 aliphatic rings. The van der Waals surface area contributed by atoms with Crippen LogP contribution in [0.5, 0.6) is 0 Å². The van der Waals surface area contributed by atoms with Gasteiger partial charge in [-0.25, -0.2) is 0 Å². The molecule has 78 valence electrons. The highest BCUT2D eigenvalue weighted by atomic mass is 35.5. The fourth-order valence-corrected chi connectivity index (χ4v) is 1.90. The number of carbonyl (C=O) groups is 1. The predicted octanol–water partition coefficient (Wildman–Crippen LogP) is 2.28. The zero-order valence-electron chi connectivity index (χ0n) is 8.32. The van der Waals surface area contributed by atoms with E-state index in [1.807, 2.05) is 30.3 Å². The van der Waals surface area contributed by atoms with E-state index in [0.717, 1.165) is 23.7 Å². The fourth-order valence-electron chi connectivity index (χ4n) is 1.68. The molecule has 2 nitrogen and oxygen atoms in total. The standard InChI is InChI=1S/C12H12ClNO/c13-11-4-1-3-10(7-11)8-14-6-2-5-12(15)9-14/h1-5,7H,6,8-9H2. The molecule has 0 bridgehead atoms. The molecule has 0 saturated carbocycles. The van der Waals surface area contributed by atoms with E-state index in [1.54, 1.807) is 6.08 Å². The molecule has 0 amide bonds. The van der Waals surface area contributed by atoms with Crippen LogP contribution in [-0.2, 0) is 11.3 Å². The average molecular weight is 222 g/mol. The Hall–Kier alpha value is -1.12. The van der Waals surface area contributed by atoms with Crippen LogP contribution in [0, 0.1) is 0 Å². The van der Waals surface area contributed by atoms with Crippen LogP contribution in [0.3, 0.4) is 0 Å². The van der Waals surface area contributed by atoms with E-state index in [9.17, 15) is 4.79 Å². The summed E-state index contributed by atoms with van der Waals surface area (Å²) in [5, 5.41) is 0.742. The van der Waals surface area contributed by atoms with Crippen molar-refractivity contribution in [2.75, 3.05) is 13.1 Å². The van der Waals surface area contributed by atoms with Crippen LogP contribution in [0.1, 0.15) is 5.56 Å². The van der Waals surface area contributed by atoms with Crippen LogP contribution in [0.2, 0.25) is 5.02 Å². The van der Waals surface area contributed by atoms with Gasteiger partial charge in [0.1, 0.15) is 0 Å². The number of rotatable bonds is 2. The van der Waals surface area contributed by atoms with E-state index in [2.05, 4.69) is 4.90 Å². The summed E-state index contributed by atoms with van der Waals surface area (Å²) < 4.78 is 0. The lowest BCUT2D eigenvalue weighted by molar-refractivity contribution is -0.116. The van der Waals surface area contributed by atoms with Gasteiger partial charge >= 0.3 is 0 Å². The smallest absolute Gasteiger partial charge is 0.169 e. The number of hydrogen-bond donors (Lipinski definition) is 0. The summed E-state index contributed by atoms with van der Waals surface area (Å²) in [6.07, 6.45) is 3.55. The van der Waals surface area contributed by atoms with Gasteiger partial charge in [-0.15, -0.1) is 0 Å². The Morgan fingerprint density at radius 1 is 1.40 bits per heavy atom. The largest absolute Gasteiger partial charge is 0.293 e. The maximum absolute atomic E-state index is 11.2. The Labute approximate surface area is 94.2 Å². The first-order valence-corrected chi connectivity index (χ1v) is 5.28. The summed E-state index contributed by atoms with van der Waals surface area (Å²) >= 11 is 5.89. The van der Waals surface area contributed by atoms with Crippen molar-refractivity contribution < 1.29 is 4.79 Å². The molecule has 0 spiro atoms. The average Bonchev–Trinajstić information content (AvgIpc) is 2.17. The van der Waals surface area contributed by atoms with Gasteiger partial charge in [0, 0.05) is 18.1 Å². The molecule has 0 aromatic heterocycles. The van der Waals surface area contributed by atoms with Gasteiger partial charge in [0.25, 0.3) is 0 Å². The number of nitrogens with zero attached hydrogens (tertiary/aromatic N) is 1. The zero-order valence-corrected chi connectivity index (χ0v) is 9.07. The van der Waals surface area contributed by atoms with Crippen LogP contribution in [-0.4, -0.2) is 23.8 Å². The molecule has 0 fully saturated rings. The summed E-state index contributed by atoms with van der Waals surface area (Å²) in [6, 6.07) is 7.74. The molecule has 3 heteroatoms. The molecule has 0 saturated heterocycles. The molecule has 0 N–H and O–H groups in total. The number of hydrogen-bond acceptors (Lipinski definition) is 2. The minimum Gasteiger partial charge on any atom is -0.293 e. The molecule has 0 unspecified atom stereocenters. The van der Waals surface area contributed by atoms with Crippen molar-refractivity contribution in [3.05, 3.63) is 47.0 Å². The lowest BCUT2D eigenvalue weighted by Gasteiger charge is -2.22. The van der Waals surface area contributed by atoms with Gasteiger partial charge in [0.2, 0.25) is 0 Å². The van der Waals surface area contributed by atoms with Crippen molar-refractivity contribution >= 4 is 17.4 Å². The lowest BCUT2D eigenvalue weighted by Crippen LogP contribution is -2.31. The summed E-state index contributed by atoms with van der Waals surface area (Å²) in [4.78, 5) is 13.3. The van der Waals surface area contributed by atoms with Gasteiger partial charge in [-0.2, -0.15) is 0 Å². The summed E-state index contributed by atoms with van der Waals surface area (Å²) in [5.41, 5.74) is 1.14. The first-order chi connectivity index (χ1) is 7.24. The molecule has 0 radical (unpaired) electrons. The highest BCUT2D eigenvalue weighted by Gasteiger charge is 2.12. The second-order valence-corrected chi connectivity index (χ2v) is 4.10. The van der Waals surface area contributed by atoms with Crippen molar-refractivity contribution in [3.8, 4) is 0 Å². The number of ketones is 1. The van der Waals surface area contributed by atoms with Crippen molar-refractivity contribution in [3.63, 3.8) is 0 Å². The molecule has 1 heterocycles. The number of benzene rings is 1. The normalized spacial score (nSPS) is 17.0. The van der Waals surface area contributed by atoms with Gasteiger partial charge in [0.15, 0.2) is 5.78 Å². The SMILES string of the molecule is O=C1C=CCN(Cc2cccc(Cl)c2)C1. The molecule has 0 atom stereocenters. The number of carbonyl (C=O) groups excluding carboxylic acids is 1. The quantitative estimate of drug-likeness (QED) is 0.764. The van der Waals surface area contributed by atoms with Crippen LogP contribution < -0.4 is 0 Å². The first-order valence-electron chi connectivity index (χ1n) is 4.90. The molecule has 2 rings (SSSR count). The van der Waals surface area contributed by atoms with Gasteiger partial charge in [0.05, 0.1) is 6.54 Å². The maximum atomic E-state index is 11.2. The fraction of sp³-hybridized carbons (Fsp3) is 0.250. The summed E-state index contributed by atoms with van der Waals surface area (Å²) in [7, 11) is 0. The monoisotopic (exact) mass is 221 g/mol. The Kier molecular flexibility index (Phi) is 3.19. The molecular formula is C12H12ClNO. The molecule has 15 heavy (non-hydrogen) atoms.